The van der Waals surface area contributed by atoms with Crippen LogP contribution in [-0.2, 0) is 0 Å². The SMILES string of the molecule is Cc1ccc(/C=C/NC(=O)Nc2ccccc2)cc1. The number of rotatable bonds is 3. The average Bonchev–Trinajstić information content (AvgIpc) is 2.42. The zero-order valence-electron chi connectivity index (χ0n) is 10.8. The predicted molar refractivity (Wildman–Crippen MR) is 78.8 cm³/mol. The number of para-hydroxylation sites is 1. The molecule has 2 rings (SSSR count). The van der Waals surface area contributed by atoms with Gasteiger partial charge in [-0.3, -0.25) is 0 Å². The van der Waals surface area contributed by atoms with Crippen molar-refractivity contribution in [2.24, 2.45) is 0 Å². The van der Waals surface area contributed by atoms with Gasteiger partial charge in [0.2, 0.25) is 0 Å². The maximum absolute atomic E-state index is 11.6. The van der Waals surface area contributed by atoms with Crippen molar-refractivity contribution >= 4 is 17.8 Å². The van der Waals surface area contributed by atoms with Crippen molar-refractivity contribution in [2.45, 2.75) is 6.92 Å². The fourth-order valence-electron chi connectivity index (χ4n) is 1.58. The number of carbonyl (C=O) groups is 1. The Bertz CT molecular complexity index is 559. The fourth-order valence-corrected chi connectivity index (χ4v) is 1.58. The van der Waals surface area contributed by atoms with Gasteiger partial charge >= 0.3 is 6.03 Å². The Morgan fingerprint density at radius 3 is 2.37 bits per heavy atom. The van der Waals surface area contributed by atoms with Crippen LogP contribution in [0.2, 0.25) is 0 Å². The quantitative estimate of drug-likeness (QED) is 0.857. The van der Waals surface area contributed by atoms with Gasteiger partial charge in [-0.2, -0.15) is 0 Å². The molecule has 0 aliphatic carbocycles. The second-order valence-corrected chi connectivity index (χ2v) is 4.21. The van der Waals surface area contributed by atoms with Gasteiger partial charge in [0.1, 0.15) is 0 Å². The molecule has 0 bridgehead atoms. The molecular formula is C16H16N2O. The van der Waals surface area contributed by atoms with Crippen LogP contribution in [0, 0.1) is 6.92 Å². The standard InChI is InChI=1S/C16H16N2O/c1-13-7-9-14(10-8-13)11-12-17-16(19)18-15-5-3-2-4-6-15/h2-12H,1H3,(H2,17,18,19)/b12-11+. The van der Waals surface area contributed by atoms with Crippen molar-refractivity contribution in [1.29, 1.82) is 0 Å². The van der Waals surface area contributed by atoms with E-state index in [2.05, 4.69) is 10.6 Å². The maximum atomic E-state index is 11.6. The predicted octanol–water partition coefficient (Wildman–Crippen LogP) is 3.79. The summed E-state index contributed by atoms with van der Waals surface area (Å²) in [6.45, 7) is 2.04. The van der Waals surface area contributed by atoms with E-state index in [9.17, 15) is 4.79 Å². The van der Waals surface area contributed by atoms with E-state index >= 15 is 0 Å². The fraction of sp³-hybridized carbons (Fsp3) is 0.0625. The van der Waals surface area contributed by atoms with Gasteiger partial charge in [0.15, 0.2) is 0 Å². The first-order valence-electron chi connectivity index (χ1n) is 6.10. The Labute approximate surface area is 113 Å². The molecule has 0 spiro atoms. The number of benzene rings is 2. The molecule has 19 heavy (non-hydrogen) atoms. The molecule has 0 fully saturated rings. The Kier molecular flexibility index (Phi) is 4.34. The molecule has 0 aliphatic rings. The summed E-state index contributed by atoms with van der Waals surface area (Å²) in [5.74, 6) is 0. The summed E-state index contributed by atoms with van der Waals surface area (Å²) in [5.41, 5.74) is 3.03. The molecule has 2 amide bonds. The van der Waals surface area contributed by atoms with Crippen LogP contribution in [0.3, 0.4) is 0 Å². The first kappa shape index (κ1) is 12.9. The Balaban J connectivity index is 1.85. The Hall–Kier alpha value is -2.55. The first-order chi connectivity index (χ1) is 9.24. The summed E-state index contributed by atoms with van der Waals surface area (Å²) >= 11 is 0. The van der Waals surface area contributed by atoms with Crippen molar-refractivity contribution in [3.05, 3.63) is 71.9 Å². The van der Waals surface area contributed by atoms with Crippen LogP contribution in [-0.4, -0.2) is 6.03 Å². The highest BCUT2D eigenvalue weighted by Gasteiger charge is 1.97. The minimum absolute atomic E-state index is 0.255. The van der Waals surface area contributed by atoms with E-state index in [1.165, 1.54) is 5.56 Å². The molecule has 0 heterocycles. The van der Waals surface area contributed by atoms with Gasteiger partial charge in [0, 0.05) is 11.9 Å². The number of aryl methyl sites for hydroxylation is 1. The third-order valence-corrected chi connectivity index (χ3v) is 2.60. The molecule has 0 radical (unpaired) electrons. The molecule has 2 N–H and O–H groups in total. The van der Waals surface area contributed by atoms with Gasteiger partial charge in [-0.05, 0) is 30.7 Å². The van der Waals surface area contributed by atoms with Gasteiger partial charge in [0.25, 0.3) is 0 Å². The smallest absolute Gasteiger partial charge is 0.314 e. The Morgan fingerprint density at radius 1 is 1.00 bits per heavy atom. The second-order valence-electron chi connectivity index (χ2n) is 4.21. The highest BCUT2D eigenvalue weighted by molar-refractivity contribution is 5.90. The second kappa shape index (κ2) is 6.40. The minimum atomic E-state index is -0.255. The maximum Gasteiger partial charge on any atom is 0.323 e. The molecular weight excluding hydrogens is 236 g/mol. The zero-order valence-corrected chi connectivity index (χ0v) is 10.8. The topological polar surface area (TPSA) is 41.1 Å². The van der Waals surface area contributed by atoms with Crippen molar-refractivity contribution in [3.63, 3.8) is 0 Å². The Morgan fingerprint density at radius 2 is 1.68 bits per heavy atom. The van der Waals surface area contributed by atoms with E-state index < -0.39 is 0 Å². The lowest BCUT2D eigenvalue weighted by atomic mass is 10.1. The highest BCUT2D eigenvalue weighted by atomic mass is 16.2. The van der Waals surface area contributed by atoms with E-state index in [0.717, 1.165) is 11.3 Å². The monoisotopic (exact) mass is 252 g/mol. The molecule has 2 aromatic carbocycles. The molecule has 0 saturated carbocycles. The summed E-state index contributed by atoms with van der Waals surface area (Å²) in [6, 6.07) is 17.1. The van der Waals surface area contributed by atoms with Gasteiger partial charge in [0.05, 0.1) is 0 Å². The van der Waals surface area contributed by atoms with E-state index in [1.807, 2.05) is 67.6 Å². The zero-order chi connectivity index (χ0) is 13.5. The van der Waals surface area contributed by atoms with Crippen LogP contribution < -0.4 is 10.6 Å². The number of hydrogen-bond donors (Lipinski definition) is 2. The largest absolute Gasteiger partial charge is 0.323 e. The molecule has 0 aliphatic heterocycles. The van der Waals surface area contributed by atoms with E-state index in [1.54, 1.807) is 6.20 Å². The number of amides is 2. The number of anilines is 1. The van der Waals surface area contributed by atoms with E-state index in [4.69, 9.17) is 0 Å². The average molecular weight is 252 g/mol. The van der Waals surface area contributed by atoms with Crippen molar-refractivity contribution in [2.75, 3.05) is 5.32 Å². The molecule has 0 unspecified atom stereocenters. The molecule has 3 nitrogen and oxygen atoms in total. The van der Waals surface area contributed by atoms with Gasteiger partial charge in [-0.25, -0.2) is 4.79 Å². The molecule has 96 valence electrons. The summed E-state index contributed by atoms with van der Waals surface area (Å²) in [7, 11) is 0. The lowest BCUT2D eigenvalue weighted by Crippen LogP contribution is -2.23. The number of hydrogen-bond acceptors (Lipinski definition) is 1. The highest BCUT2D eigenvalue weighted by Crippen LogP contribution is 2.05. The number of carbonyl (C=O) groups excluding carboxylic acids is 1. The molecule has 0 atom stereocenters. The van der Waals surface area contributed by atoms with Crippen LogP contribution >= 0.6 is 0 Å². The van der Waals surface area contributed by atoms with Crippen molar-refractivity contribution < 1.29 is 4.79 Å². The summed E-state index contributed by atoms with van der Waals surface area (Å²) in [5, 5.41) is 5.40. The molecule has 0 saturated heterocycles. The summed E-state index contributed by atoms with van der Waals surface area (Å²) in [6.07, 6.45) is 3.48. The molecule has 2 aromatic rings. The van der Waals surface area contributed by atoms with Gasteiger partial charge in [-0.15, -0.1) is 0 Å². The molecule has 3 heteroatoms. The van der Waals surface area contributed by atoms with Crippen LogP contribution in [0.1, 0.15) is 11.1 Å². The van der Waals surface area contributed by atoms with Crippen molar-refractivity contribution in [3.8, 4) is 0 Å². The summed E-state index contributed by atoms with van der Waals surface area (Å²) in [4.78, 5) is 11.6. The normalized spacial score (nSPS) is 10.4. The third-order valence-electron chi connectivity index (χ3n) is 2.60. The van der Waals surface area contributed by atoms with Gasteiger partial charge < -0.3 is 10.6 Å². The van der Waals surface area contributed by atoms with Crippen LogP contribution in [0.4, 0.5) is 10.5 Å². The third kappa shape index (κ3) is 4.32. The van der Waals surface area contributed by atoms with E-state index in [-0.39, 0.29) is 6.03 Å². The first-order valence-corrected chi connectivity index (χ1v) is 6.10. The van der Waals surface area contributed by atoms with Crippen molar-refractivity contribution in [1.82, 2.24) is 5.32 Å². The number of nitrogens with one attached hydrogen (secondary N) is 2. The lowest BCUT2D eigenvalue weighted by molar-refractivity contribution is 0.255. The van der Waals surface area contributed by atoms with Crippen LogP contribution in [0.15, 0.2) is 60.8 Å². The van der Waals surface area contributed by atoms with E-state index in [0.29, 0.717) is 0 Å². The molecule has 0 aromatic heterocycles. The van der Waals surface area contributed by atoms with Crippen LogP contribution in [0.5, 0.6) is 0 Å². The minimum Gasteiger partial charge on any atom is -0.314 e. The number of urea groups is 1. The van der Waals surface area contributed by atoms with Gasteiger partial charge in [-0.1, -0.05) is 48.0 Å². The summed E-state index contributed by atoms with van der Waals surface area (Å²) < 4.78 is 0. The van der Waals surface area contributed by atoms with Crippen LogP contribution in [0.25, 0.3) is 6.08 Å². The lowest BCUT2D eigenvalue weighted by Gasteiger charge is -2.03.